The maximum Gasteiger partial charge on any atom is 0.241 e. The standard InChI is InChI=1S/C25H27N3O3/c29-24(25(12-16-30-17-13-25)20-7-2-1-3-8-20)28-14-10-21(11-15-28)31-23-22-9-5-4-6-19(22)18-26-27-23/h1-9,18,21H,10-17H2. The van der Waals surface area contributed by atoms with Gasteiger partial charge in [-0.3, -0.25) is 4.79 Å². The maximum absolute atomic E-state index is 13.7. The average Bonchev–Trinajstić information content (AvgIpc) is 2.85. The zero-order valence-electron chi connectivity index (χ0n) is 17.6. The number of likely N-dealkylation sites (tertiary alicyclic amines) is 1. The van der Waals surface area contributed by atoms with Crippen LogP contribution in [0.1, 0.15) is 31.2 Å². The third kappa shape index (κ3) is 3.88. The van der Waals surface area contributed by atoms with E-state index < -0.39 is 5.41 Å². The summed E-state index contributed by atoms with van der Waals surface area (Å²) >= 11 is 0. The normalized spacial score (nSPS) is 19.3. The minimum atomic E-state index is -0.478. The van der Waals surface area contributed by atoms with Crippen molar-refractivity contribution in [1.82, 2.24) is 15.1 Å². The molecule has 5 rings (SSSR count). The van der Waals surface area contributed by atoms with Gasteiger partial charge < -0.3 is 14.4 Å². The first-order valence-electron chi connectivity index (χ1n) is 11.1. The Balaban J connectivity index is 1.29. The van der Waals surface area contributed by atoms with Gasteiger partial charge in [-0.15, -0.1) is 5.10 Å². The first-order chi connectivity index (χ1) is 15.3. The van der Waals surface area contributed by atoms with Crippen molar-refractivity contribution in [3.8, 4) is 5.88 Å². The molecule has 0 saturated carbocycles. The first kappa shape index (κ1) is 19.9. The Morgan fingerprint density at radius 2 is 1.71 bits per heavy atom. The summed E-state index contributed by atoms with van der Waals surface area (Å²) in [4.78, 5) is 15.7. The van der Waals surface area contributed by atoms with Gasteiger partial charge in [-0.05, 0) is 24.5 Å². The highest BCUT2D eigenvalue weighted by molar-refractivity contribution is 5.88. The maximum atomic E-state index is 13.7. The SMILES string of the molecule is O=C(N1CCC(Oc2nncc3ccccc23)CC1)C1(c2ccccc2)CCOCC1. The van der Waals surface area contributed by atoms with E-state index in [1.165, 1.54) is 0 Å². The topological polar surface area (TPSA) is 64.6 Å². The van der Waals surface area contributed by atoms with Crippen molar-refractivity contribution in [3.05, 3.63) is 66.4 Å². The van der Waals surface area contributed by atoms with E-state index in [0.717, 1.165) is 42.0 Å². The van der Waals surface area contributed by atoms with Crippen LogP contribution >= 0.6 is 0 Å². The Kier molecular flexibility index (Phi) is 5.55. The van der Waals surface area contributed by atoms with Gasteiger partial charge in [0.05, 0.1) is 11.6 Å². The van der Waals surface area contributed by atoms with Crippen LogP contribution in [0.5, 0.6) is 5.88 Å². The molecular weight excluding hydrogens is 390 g/mol. The molecule has 0 atom stereocenters. The molecule has 0 bridgehead atoms. The lowest BCUT2D eigenvalue weighted by molar-refractivity contribution is -0.143. The molecule has 0 aliphatic carbocycles. The molecular formula is C25H27N3O3. The van der Waals surface area contributed by atoms with Gasteiger partial charge in [0, 0.05) is 49.9 Å². The minimum Gasteiger partial charge on any atom is -0.473 e. The van der Waals surface area contributed by atoms with Crippen LogP contribution in [0, 0.1) is 0 Å². The number of nitrogens with zero attached hydrogens (tertiary/aromatic N) is 3. The molecule has 6 heteroatoms. The molecule has 0 unspecified atom stereocenters. The van der Waals surface area contributed by atoms with Crippen LogP contribution in [0.15, 0.2) is 60.8 Å². The van der Waals surface area contributed by atoms with Crippen molar-refractivity contribution >= 4 is 16.7 Å². The highest BCUT2D eigenvalue weighted by Crippen LogP contribution is 2.37. The number of hydrogen-bond donors (Lipinski definition) is 0. The monoisotopic (exact) mass is 417 g/mol. The summed E-state index contributed by atoms with van der Waals surface area (Å²) in [6.45, 7) is 2.63. The van der Waals surface area contributed by atoms with Crippen LogP contribution in [0.3, 0.4) is 0 Å². The molecule has 2 aliphatic heterocycles. The predicted molar refractivity (Wildman–Crippen MR) is 118 cm³/mol. The van der Waals surface area contributed by atoms with Crippen molar-refractivity contribution in [1.29, 1.82) is 0 Å². The zero-order chi connectivity index (χ0) is 21.1. The first-order valence-corrected chi connectivity index (χ1v) is 11.1. The summed E-state index contributed by atoms with van der Waals surface area (Å²) in [6.07, 6.45) is 4.83. The van der Waals surface area contributed by atoms with Crippen LogP contribution in [0.4, 0.5) is 0 Å². The Labute approximate surface area is 182 Å². The van der Waals surface area contributed by atoms with Crippen LogP contribution in [-0.2, 0) is 14.9 Å². The molecule has 0 N–H and O–H groups in total. The highest BCUT2D eigenvalue weighted by atomic mass is 16.5. The fraction of sp³-hybridized carbons (Fsp3) is 0.400. The number of fused-ring (bicyclic) bond motifs is 1. The highest BCUT2D eigenvalue weighted by Gasteiger charge is 2.44. The lowest BCUT2D eigenvalue weighted by Gasteiger charge is -2.42. The zero-order valence-corrected chi connectivity index (χ0v) is 17.6. The number of benzene rings is 2. The lowest BCUT2D eigenvalue weighted by Crippen LogP contribution is -2.53. The molecule has 2 aromatic carbocycles. The molecule has 2 aliphatic rings. The quantitative estimate of drug-likeness (QED) is 0.647. The summed E-state index contributed by atoms with van der Waals surface area (Å²) in [7, 11) is 0. The smallest absolute Gasteiger partial charge is 0.241 e. The molecule has 3 aromatic rings. The summed E-state index contributed by atoms with van der Waals surface area (Å²) in [6, 6.07) is 18.2. The van der Waals surface area contributed by atoms with Gasteiger partial charge in [0.2, 0.25) is 11.8 Å². The van der Waals surface area contributed by atoms with Gasteiger partial charge in [-0.2, -0.15) is 5.10 Å². The van der Waals surface area contributed by atoms with Crippen LogP contribution in [-0.4, -0.2) is 53.4 Å². The third-order valence-corrected chi connectivity index (χ3v) is 6.63. The molecule has 0 radical (unpaired) electrons. The van der Waals surface area contributed by atoms with Crippen LogP contribution in [0.2, 0.25) is 0 Å². The number of hydrogen-bond acceptors (Lipinski definition) is 5. The van der Waals surface area contributed by atoms with E-state index in [2.05, 4.69) is 22.3 Å². The lowest BCUT2D eigenvalue weighted by atomic mass is 9.72. The summed E-state index contributed by atoms with van der Waals surface area (Å²) in [5.74, 6) is 0.804. The van der Waals surface area contributed by atoms with Crippen LogP contribution in [0.25, 0.3) is 10.8 Å². The molecule has 2 fully saturated rings. The summed E-state index contributed by atoms with van der Waals surface area (Å²) in [5, 5.41) is 10.3. The van der Waals surface area contributed by atoms with Crippen molar-refractivity contribution < 1.29 is 14.3 Å². The van der Waals surface area contributed by atoms with E-state index >= 15 is 0 Å². The van der Waals surface area contributed by atoms with E-state index in [0.29, 0.717) is 32.2 Å². The van der Waals surface area contributed by atoms with Crippen LogP contribution < -0.4 is 4.74 Å². The van der Waals surface area contributed by atoms with Crippen molar-refractivity contribution in [2.24, 2.45) is 0 Å². The van der Waals surface area contributed by atoms with Gasteiger partial charge in [0.25, 0.3) is 0 Å². The Morgan fingerprint density at radius 3 is 2.48 bits per heavy atom. The number of ether oxygens (including phenoxy) is 2. The van der Waals surface area contributed by atoms with Gasteiger partial charge >= 0.3 is 0 Å². The van der Waals surface area contributed by atoms with Gasteiger partial charge in [0.1, 0.15) is 6.10 Å². The second kappa shape index (κ2) is 8.63. The van der Waals surface area contributed by atoms with E-state index in [1.807, 2.05) is 47.4 Å². The number of amides is 1. The minimum absolute atomic E-state index is 0.0338. The molecule has 1 aromatic heterocycles. The molecule has 31 heavy (non-hydrogen) atoms. The molecule has 2 saturated heterocycles. The Morgan fingerprint density at radius 1 is 1.00 bits per heavy atom. The summed E-state index contributed by atoms with van der Waals surface area (Å²) in [5.41, 5.74) is 0.626. The average molecular weight is 418 g/mol. The fourth-order valence-corrected chi connectivity index (χ4v) is 4.83. The molecule has 3 heterocycles. The largest absolute Gasteiger partial charge is 0.473 e. The number of piperidine rings is 1. The van der Waals surface area contributed by atoms with Crippen molar-refractivity contribution in [3.63, 3.8) is 0 Å². The third-order valence-electron chi connectivity index (χ3n) is 6.63. The number of aromatic nitrogens is 2. The Bertz CT molecular complexity index is 1040. The number of carbonyl (C=O) groups excluding carboxylic acids is 1. The van der Waals surface area contributed by atoms with E-state index in [4.69, 9.17) is 9.47 Å². The molecule has 6 nitrogen and oxygen atoms in total. The van der Waals surface area contributed by atoms with Crippen molar-refractivity contribution in [2.45, 2.75) is 37.2 Å². The number of carbonyl (C=O) groups is 1. The van der Waals surface area contributed by atoms with Gasteiger partial charge in [0.15, 0.2) is 0 Å². The molecule has 0 spiro atoms. The fourth-order valence-electron chi connectivity index (χ4n) is 4.83. The van der Waals surface area contributed by atoms with E-state index in [1.54, 1.807) is 6.20 Å². The predicted octanol–water partition coefficient (Wildman–Crippen LogP) is 3.75. The van der Waals surface area contributed by atoms with Crippen molar-refractivity contribution in [2.75, 3.05) is 26.3 Å². The van der Waals surface area contributed by atoms with E-state index in [9.17, 15) is 4.79 Å². The second-order valence-electron chi connectivity index (χ2n) is 8.41. The molecule has 160 valence electrons. The van der Waals surface area contributed by atoms with Gasteiger partial charge in [-0.1, -0.05) is 48.5 Å². The second-order valence-corrected chi connectivity index (χ2v) is 8.41. The van der Waals surface area contributed by atoms with Gasteiger partial charge in [-0.25, -0.2) is 0 Å². The Hall–Kier alpha value is -2.99. The molecule has 1 amide bonds. The number of rotatable bonds is 4. The van der Waals surface area contributed by atoms with E-state index in [-0.39, 0.29) is 12.0 Å². The summed E-state index contributed by atoms with van der Waals surface area (Å²) < 4.78 is 11.8.